The van der Waals surface area contributed by atoms with Gasteiger partial charge in [-0.1, -0.05) is 378 Å². The van der Waals surface area contributed by atoms with Crippen molar-refractivity contribution in [1.29, 1.82) is 0 Å². The minimum Gasteiger partial charge on any atom is -0.394 e. The molecule has 0 aliphatic rings. The van der Waals surface area contributed by atoms with Crippen LogP contribution in [-0.4, -0.2) is 34.9 Å². The van der Waals surface area contributed by atoms with Gasteiger partial charge >= 0.3 is 0 Å². The third kappa shape index (κ3) is 63.4. The van der Waals surface area contributed by atoms with E-state index in [-0.39, 0.29) is 12.5 Å². The summed E-state index contributed by atoms with van der Waals surface area (Å²) >= 11 is 0. The number of rotatable bonds is 66. The molecule has 0 heterocycles. The fourth-order valence-electron chi connectivity index (χ4n) is 11.3. The zero-order valence-corrected chi connectivity index (χ0v) is 52.1. The van der Waals surface area contributed by atoms with Gasteiger partial charge in [-0.25, -0.2) is 0 Å². The lowest BCUT2D eigenvalue weighted by molar-refractivity contribution is -0.123. The SMILES string of the molecule is CCCCCCC/C=C\C/C=C\C/C=C\CCCCCCCCCCCCCCCCCCC(=O)NC(CO)C(O)CCCCCCCCCCCCCCCCCCCCCCCCCCCCCCCCCCC. The largest absolute Gasteiger partial charge is 0.394 e. The summed E-state index contributed by atoms with van der Waals surface area (Å²) in [6.07, 6.45) is 93.5. The summed E-state index contributed by atoms with van der Waals surface area (Å²) in [5.74, 6) is -0.0244. The number of nitrogens with one attached hydrogen (secondary N) is 1. The van der Waals surface area contributed by atoms with Gasteiger partial charge in [0.15, 0.2) is 0 Å². The fourth-order valence-corrected chi connectivity index (χ4v) is 11.3. The van der Waals surface area contributed by atoms with E-state index < -0.39 is 12.1 Å². The van der Waals surface area contributed by atoms with Crippen LogP contribution in [0.15, 0.2) is 36.5 Å². The third-order valence-electron chi connectivity index (χ3n) is 16.7. The quantitative estimate of drug-likeness (QED) is 0.0420. The Hall–Kier alpha value is -1.39. The summed E-state index contributed by atoms with van der Waals surface area (Å²) in [5, 5.41) is 23.5. The van der Waals surface area contributed by atoms with Gasteiger partial charge in [-0.2, -0.15) is 0 Å². The van der Waals surface area contributed by atoms with Gasteiger partial charge in [-0.05, 0) is 51.4 Å². The number of allylic oxidation sites excluding steroid dienone is 6. The predicted octanol–water partition coefficient (Wildman–Crippen LogP) is 23.9. The molecular weight excluding hydrogens is 927 g/mol. The van der Waals surface area contributed by atoms with Gasteiger partial charge in [-0.3, -0.25) is 4.79 Å². The number of hydrogen-bond donors (Lipinski definition) is 3. The number of carbonyl (C=O) groups is 1. The van der Waals surface area contributed by atoms with Crippen LogP contribution < -0.4 is 5.32 Å². The van der Waals surface area contributed by atoms with Crippen molar-refractivity contribution in [2.45, 2.75) is 411 Å². The minimum absolute atomic E-state index is 0.0244. The zero-order valence-electron chi connectivity index (χ0n) is 52.1. The summed E-state index contributed by atoms with van der Waals surface area (Å²) in [4.78, 5) is 12.6. The first-order chi connectivity index (χ1) is 37.7. The van der Waals surface area contributed by atoms with Crippen LogP contribution in [0.4, 0.5) is 0 Å². The molecule has 450 valence electrons. The molecular formula is C72H139NO3. The topological polar surface area (TPSA) is 69.6 Å². The van der Waals surface area contributed by atoms with Crippen LogP contribution in [0.3, 0.4) is 0 Å². The first-order valence-corrected chi connectivity index (χ1v) is 35.2. The smallest absolute Gasteiger partial charge is 0.220 e. The highest BCUT2D eigenvalue weighted by atomic mass is 16.3. The van der Waals surface area contributed by atoms with Crippen LogP contribution in [0.25, 0.3) is 0 Å². The molecule has 0 saturated carbocycles. The molecule has 2 atom stereocenters. The number of unbranched alkanes of at least 4 members (excludes halogenated alkanes) is 53. The second-order valence-corrected chi connectivity index (χ2v) is 24.3. The molecule has 0 aromatic heterocycles. The Bertz CT molecular complexity index is 1160. The third-order valence-corrected chi connectivity index (χ3v) is 16.7. The lowest BCUT2D eigenvalue weighted by Gasteiger charge is -2.22. The van der Waals surface area contributed by atoms with Crippen molar-refractivity contribution >= 4 is 5.91 Å². The van der Waals surface area contributed by atoms with E-state index in [1.165, 1.54) is 334 Å². The van der Waals surface area contributed by atoms with Gasteiger partial charge in [0.2, 0.25) is 5.91 Å². The molecule has 4 nitrogen and oxygen atoms in total. The van der Waals surface area contributed by atoms with E-state index in [1.54, 1.807) is 0 Å². The fraction of sp³-hybridized carbons (Fsp3) is 0.903. The molecule has 0 bridgehead atoms. The summed E-state index contributed by atoms with van der Waals surface area (Å²) < 4.78 is 0. The highest BCUT2D eigenvalue weighted by Crippen LogP contribution is 2.19. The van der Waals surface area contributed by atoms with Crippen molar-refractivity contribution < 1.29 is 15.0 Å². The van der Waals surface area contributed by atoms with Gasteiger partial charge < -0.3 is 15.5 Å². The monoisotopic (exact) mass is 1070 g/mol. The highest BCUT2D eigenvalue weighted by molar-refractivity contribution is 5.76. The normalized spacial score (nSPS) is 12.8. The molecule has 0 radical (unpaired) electrons. The van der Waals surface area contributed by atoms with Crippen LogP contribution >= 0.6 is 0 Å². The second-order valence-electron chi connectivity index (χ2n) is 24.3. The molecule has 2 unspecified atom stereocenters. The average Bonchev–Trinajstić information content (AvgIpc) is 3.42. The summed E-state index contributed by atoms with van der Waals surface area (Å²) in [7, 11) is 0. The average molecular weight is 1070 g/mol. The second kappa shape index (κ2) is 67.9. The maximum absolute atomic E-state index is 12.6. The van der Waals surface area contributed by atoms with Crippen molar-refractivity contribution in [2.75, 3.05) is 6.61 Å². The Labute approximate surface area is 478 Å². The lowest BCUT2D eigenvalue weighted by atomic mass is 10.0. The molecule has 0 rings (SSSR count). The first kappa shape index (κ1) is 74.6. The molecule has 4 heteroatoms. The molecule has 3 N–H and O–H groups in total. The van der Waals surface area contributed by atoms with E-state index in [1.807, 2.05) is 0 Å². The summed E-state index contributed by atoms with van der Waals surface area (Å²) in [6, 6.07) is -0.538. The molecule has 1 amide bonds. The van der Waals surface area contributed by atoms with Crippen molar-refractivity contribution in [1.82, 2.24) is 5.32 Å². The van der Waals surface area contributed by atoms with Crippen LogP contribution in [0.5, 0.6) is 0 Å². The Kier molecular flexibility index (Phi) is 66.6. The molecule has 0 saturated heterocycles. The number of aliphatic hydroxyl groups is 2. The molecule has 0 aromatic rings. The maximum Gasteiger partial charge on any atom is 0.220 e. The van der Waals surface area contributed by atoms with E-state index in [4.69, 9.17) is 0 Å². The van der Waals surface area contributed by atoms with E-state index in [0.29, 0.717) is 12.8 Å². The number of hydrogen-bond acceptors (Lipinski definition) is 3. The Morgan fingerprint density at radius 3 is 0.803 bits per heavy atom. The van der Waals surface area contributed by atoms with Gasteiger partial charge in [0.25, 0.3) is 0 Å². The van der Waals surface area contributed by atoms with E-state index in [0.717, 1.165) is 38.5 Å². The molecule has 0 spiro atoms. The van der Waals surface area contributed by atoms with Gasteiger partial charge in [0.05, 0.1) is 18.8 Å². The summed E-state index contributed by atoms with van der Waals surface area (Å²) in [6.45, 7) is 4.39. The molecule has 0 aliphatic carbocycles. The van der Waals surface area contributed by atoms with Gasteiger partial charge in [0, 0.05) is 6.42 Å². The Morgan fingerprint density at radius 1 is 0.316 bits per heavy atom. The van der Waals surface area contributed by atoms with Crippen LogP contribution in [0.2, 0.25) is 0 Å². The lowest BCUT2D eigenvalue weighted by Crippen LogP contribution is -2.45. The number of aliphatic hydroxyl groups excluding tert-OH is 2. The van der Waals surface area contributed by atoms with Crippen LogP contribution in [-0.2, 0) is 4.79 Å². The van der Waals surface area contributed by atoms with Crippen LogP contribution in [0, 0.1) is 0 Å². The Balaban J connectivity index is 3.39. The number of amides is 1. The maximum atomic E-state index is 12.6. The standard InChI is InChI=1S/C72H139NO3/c1-3-5-7-9-11-13-15-17-19-21-23-25-27-29-31-33-35-36-38-39-41-43-45-47-49-51-53-55-57-59-61-63-65-67-71(75)70(69-74)73-72(76)68-66-64-62-60-58-56-54-52-50-48-46-44-42-40-37-34-32-30-28-26-24-22-20-18-16-14-12-10-8-6-4-2/h16,18,22,24,28,30,70-71,74-75H,3-15,17,19-21,23,25-27,29,31-69H2,1-2H3,(H,73,76)/b18-16-,24-22-,30-28-. The molecule has 0 aromatic carbocycles. The summed E-state index contributed by atoms with van der Waals surface area (Å²) in [5.41, 5.74) is 0. The van der Waals surface area contributed by atoms with Crippen molar-refractivity contribution in [3.05, 3.63) is 36.5 Å². The van der Waals surface area contributed by atoms with Crippen molar-refractivity contribution in [2.24, 2.45) is 0 Å². The van der Waals surface area contributed by atoms with Gasteiger partial charge in [-0.15, -0.1) is 0 Å². The highest BCUT2D eigenvalue weighted by Gasteiger charge is 2.20. The molecule has 0 aliphatic heterocycles. The van der Waals surface area contributed by atoms with E-state index >= 15 is 0 Å². The van der Waals surface area contributed by atoms with Crippen LogP contribution in [0.1, 0.15) is 399 Å². The molecule has 76 heavy (non-hydrogen) atoms. The predicted molar refractivity (Wildman–Crippen MR) is 341 cm³/mol. The molecule has 0 fully saturated rings. The zero-order chi connectivity index (χ0) is 54.8. The first-order valence-electron chi connectivity index (χ1n) is 35.2. The van der Waals surface area contributed by atoms with E-state index in [2.05, 4.69) is 55.6 Å². The van der Waals surface area contributed by atoms with Crippen molar-refractivity contribution in [3.63, 3.8) is 0 Å². The Morgan fingerprint density at radius 2 is 0.539 bits per heavy atom. The van der Waals surface area contributed by atoms with Gasteiger partial charge in [0.1, 0.15) is 0 Å². The number of carbonyl (C=O) groups excluding carboxylic acids is 1. The van der Waals surface area contributed by atoms with E-state index in [9.17, 15) is 15.0 Å². The minimum atomic E-state index is -0.661. The van der Waals surface area contributed by atoms with Crippen molar-refractivity contribution in [3.8, 4) is 0 Å².